The highest BCUT2D eigenvalue weighted by Gasteiger charge is 2.21. The first kappa shape index (κ1) is 26.0. The zero-order valence-corrected chi connectivity index (χ0v) is 18.8. The fourth-order valence-electron chi connectivity index (χ4n) is 2.57. The van der Waals surface area contributed by atoms with Crippen LogP contribution in [0.5, 0.6) is 0 Å². The van der Waals surface area contributed by atoms with Gasteiger partial charge in [0.2, 0.25) is 5.91 Å². The summed E-state index contributed by atoms with van der Waals surface area (Å²) >= 11 is 0. The molecule has 31 heavy (non-hydrogen) atoms. The average molecular weight is 434 g/mol. The van der Waals surface area contributed by atoms with Crippen LogP contribution in [0.1, 0.15) is 45.6 Å². The zero-order chi connectivity index (χ0) is 23.1. The number of hydrogen-bond donors (Lipinski definition) is 2. The Morgan fingerprint density at radius 3 is 2.29 bits per heavy atom. The second-order valence-electron chi connectivity index (χ2n) is 8.01. The SMILES string of the molecule is C=CC(=O)NCCCN(CCCCNC(=O)OCc1ccccc1)C(=O)OC(C)(C)C. The summed E-state index contributed by atoms with van der Waals surface area (Å²) in [5.41, 5.74) is 0.339. The number of ether oxygens (including phenoxy) is 2. The van der Waals surface area contributed by atoms with Crippen LogP contribution in [0.15, 0.2) is 43.0 Å². The fourth-order valence-corrected chi connectivity index (χ4v) is 2.57. The molecule has 1 rings (SSSR count). The molecule has 0 radical (unpaired) electrons. The lowest BCUT2D eigenvalue weighted by Gasteiger charge is -2.27. The van der Waals surface area contributed by atoms with Gasteiger partial charge in [0.15, 0.2) is 0 Å². The Kier molecular flexibility index (Phi) is 11.8. The van der Waals surface area contributed by atoms with Crippen molar-refractivity contribution in [3.8, 4) is 0 Å². The maximum Gasteiger partial charge on any atom is 0.410 e. The van der Waals surface area contributed by atoms with Gasteiger partial charge in [-0.25, -0.2) is 9.59 Å². The summed E-state index contributed by atoms with van der Waals surface area (Å²) < 4.78 is 10.6. The highest BCUT2D eigenvalue weighted by Crippen LogP contribution is 2.11. The van der Waals surface area contributed by atoms with E-state index in [0.717, 1.165) is 5.56 Å². The minimum Gasteiger partial charge on any atom is -0.445 e. The van der Waals surface area contributed by atoms with Crippen molar-refractivity contribution < 1.29 is 23.9 Å². The Balaban J connectivity index is 2.32. The molecular formula is C23H35N3O5. The summed E-state index contributed by atoms with van der Waals surface area (Å²) in [5.74, 6) is -0.242. The zero-order valence-electron chi connectivity index (χ0n) is 18.8. The van der Waals surface area contributed by atoms with Crippen LogP contribution in [0.25, 0.3) is 0 Å². The predicted octanol–water partition coefficient (Wildman–Crippen LogP) is 3.62. The summed E-state index contributed by atoms with van der Waals surface area (Å²) in [6.45, 7) is 10.9. The molecule has 0 saturated carbocycles. The van der Waals surface area contributed by atoms with Crippen molar-refractivity contribution >= 4 is 18.1 Å². The van der Waals surface area contributed by atoms with Gasteiger partial charge in [-0.05, 0) is 51.7 Å². The van der Waals surface area contributed by atoms with Gasteiger partial charge in [-0.1, -0.05) is 36.9 Å². The third-order valence-electron chi connectivity index (χ3n) is 4.08. The van der Waals surface area contributed by atoms with Gasteiger partial charge in [0.1, 0.15) is 12.2 Å². The maximum absolute atomic E-state index is 12.4. The number of nitrogens with one attached hydrogen (secondary N) is 2. The molecular weight excluding hydrogens is 398 g/mol. The molecule has 3 amide bonds. The van der Waals surface area contributed by atoms with E-state index in [0.29, 0.717) is 45.4 Å². The molecule has 0 heterocycles. The third kappa shape index (κ3) is 13.0. The molecule has 0 saturated heterocycles. The molecule has 0 aliphatic heterocycles. The smallest absolute Gasteiger partial charge is 0.410 e. The number of carbonyl (C=O) groups excluding carboxylic acids is 3. The summed E-state index contributed by atoms with van der Waals surface area (Å²) in [7, 11) is 0. The van der Waals surface area contributed by atoms with Gasteiger partial charge in [0.05, 0.1) is 0 Å². The van der Waals surface area contributed by atoms with Crippen LogP contribution in [-0.2, 0) is 20.9 Å². The van der Waals surface area contributed by atoms with Crippen LogP contribution in [0.4, 0.5) is 9.59 Å². The Labute approximate surface area is 185 Å². The van der Waals surface area contributed by atoms with E-state index in [2.05, 4.69) is 17.2 Å². The number of nitrogens with zero attached hydrogens (tertiary/aromatic N) is 1. The van der Waals surface area contributed by atoms with Crippen molar-refractivity contribution in [2.24, 2.45) is 0 Å². The van der Waals surface area contributed by atoms with Crippen molar-refractivity contribution in [3.63, 3.8) is 0 Å². The molecule has 0 spiro atoms. The molecule has 8 nitrogen and oxygen atoms in total. The molecule has 172 valence electrons. The van der Waals surface area contributed by atoms with Gasteiger partial charge < -0.3 is 25.0 Å². The number of alkyl carbamates (subject to hydrolysis) is 1. The molecule has 0 aliphatic carbocycles. The average Bonchev–Trinajstić information content (AvgIpc) is 2.72. The topological polar surface area (TPSA) is 97.0 Å². The Bertz CT molecular complexity index is 701. The molecule has 0 atom stereocenters. The lowest BCUT2D eigenvalue weighted by atomic mass is 10.2. The van der Waals surface area contributed by atoms with E-state index in [9.17, 15) is 14.4 Å². The van der Waals surface area contributed by atoms with E-state index in [1.807, 2.05) is 51.1 Å². The summed E-state index contributed by atoms with van der Waals surface area (Å²) in [6, 6.07) is 9.46. The first-order chi connectivity index (χ1) is 14.7. The van der Waals surface area contributed by atoms with Crippen LogP contribution in [0.2, 0.25) is 0 Å². The Morgan fingerprint density at radius 2 is 1.65 bits per heavy atom. The number of rotatable bonds is 12. The minimum absolute atomic E-state index is 0.224. The maximum atomic E-state index is 12.4. The van der Waals surface area contributed by atoms with Crippen LogP contribution in [0.3, 0.4) is 0 Å². The van der Waals surface area contributed by atoms with Gasteiger partial charge >= 0.3 is 12.2 Å². The van der Waals surface area contributed by atoms with Crippen LogP contribution < -0.4 is 10.6 Å². The van der Waals surface area contributed by atoms with Crippen LogP contribution in [0, 0.1) is 0 Å². The van der Waals surface area contributed by atoms with Gasteiger partial charge in [-0.3, -0.25) is 4.79 Å². The normalized spacial score (nSPS) is 10.7. The molecule has 0 bridgehead atoms. The van der Waals surface area contributed by atoms with Crippen molar-refractivity contribution in [2.75, 3.05) is 26.2 Å². The molecule has 1 aromatic rings. The van der Waals surface area contributed by atoms with Crippen molar-refractivity contribution in [1.82, 2.24) is 15.5 Å². The first-order valence-corrected chi connectivity index (χ1v) is 10.5. The Morgan fingerprint density at radius 1 is 1.00 bits per heavy atom. The number of unbranched alkanes of at least 4 members (excludes halogenated alkanes) is 1. The second-order valence-corrected chi connectivity index (χ2v) is 8.01. The van der Waals surface area contributed by atoms with E-state index >= 15 is 0 Å². The first-order valence-electron chi connectivity index (χ1n) is 10.5. The van der Waals surface area contributed by atoms with Crippen molar-refractivity contribution in [1.29, 1.82) is 0 Å². The lowest BCUT2D eigenvalue weighted by molar-refractivity contribution is -0.116. The highest BCUT2D eigenvalue weighted by atomic mass is 16.6. The van der Waals surface area contributed by atoms with Gasteiger partial charge in [-0.2, -0.15) is 0 Å². The largest absolute Gasteiger partial charge is 0.445 e. The number of benzene rings is 1. The van der Waals surface area contributed by atoms with Gasteiger partial charge in [0, 0.05) is 26.2 Å². The molecule has 0 unspecified atom stereocenters. The lowest BCUT2D eigenvalue weighted by Crippen LogP contribution is -2.39. The standard InChI is InChI=1S/C23H35N3O5/c1-5-20(27)24-15-11-17-26(22(29)31-23(2,3)4)16-10-9-14-25-21(28)30-18-19-12-7-6-8-13-19/h5-8,12-13H,1,9-11,14-18H2,2-4H3,(H,24,27)(H,25,28). The summed E-state index contributed by atoms with van der Waals surface area (Å²) in [6.07, 6.45) is 2.33. The molecule has 8 heteroatoms. The Hall–Kier alpha value is -3.03. The highest BCUT2D eigenvalue weighted by molar-refractivity contribution is 5.86. The summed E-state index contributed by atoms with van der Waals surface area (Å²) in [5, 5.41) is 5.40. The van der Waals surface area contributed by atoms with Gasteiger partial charge in [0.25, 0.3) is 0 Å². The van der Waals surface area contributed by atoms with Gasteiger partial charge in [-0.15, -0.1) is 0 Å². The number of amides is 3. The molecule has 2 N–H and O–H groups in total. The summed E-state index contributed by atoms with van der Waals surface area (Å²) in [4.78, 5) is 37.1. The minimum atomic E-state index is -0.587. The van der Waals surface area contributed by atoms with E-state index in [1.165, 1.54) is 6.08 Å². The van der Waals surface area contributed by atoms with Crippen LogP contribution in [-0.4, -0.2) is 54.8 Å². The van der Waals surface area contributed by atoms with E-state index in [-0.39, 0.29) is 12.5 Å². The second kappa shape index (κ2) is 14.1. The quantitative estimate of drug-likeness (QED) is 0.388. The van der Waals surface area contributed by atoms with Crippen LogP contribution >= 0.6 is 0 Å². The molecule has 1 aromatic carbocycles. The fraction of sp³-hybridized carbons (Fsp3) is 0.522. The number of hydrogen-bond acceptors (Lipinski definition) is 5. The number of carbonyl (C=O) groups is 3. The predicted molar refractivity (Wildman–Crippen MR) is 119 cm³/mol. The van der Waals surface area contributed by atoms with E-state index in [1.54, 1.807) is 4.90 Å². The van der Waals surface area contributed by atoms with E-state index < -0.39 is 17.8 Å². The van der Waals surface area contributed by atoms with E-state index in [4.69, 9.17) is 9.47 Å². The van der Waals surface area contributed by atoms with Crippen molar-refractivity contribution in [2.45, 2.75) is 52.2 Å². The molecule has 0 aromatic heterocycles. The molecule has 0 fully saturated rings. The monoisotopic (exact) mass is 433 g/mol. The third-order valence-corrected chi connectivity index (χ3v) is 4.08. The van der Waals surface area contributed by atoms with Crippen molar-refractivity contribution in [3.05, 3.63) is 48.6 Å². The molecule has 0 aliphatic rings.